The van der Waals surface area contributed by atoms with Crippen LogP contribution in [-0.2, 0) is 17.6 Å². The summed E-state index contributed by atoms with van der Waals surface area (Å²) in [5, 5.41) is 24.1. The Hall–Kier alpha value is -3.91. The minimum absolute atomic E-state index is 0.137. The molecule has 194 valence electrons. The molecule has 0 spiro atoms. The van der Waals surface area contributed by atoms with Crippen molar-refractivity contribution in [2.75, 3.05) is 11.1 Å². The zero-order valence-corrected chi connectivity index (χ0v) is 23.6. The van der Waals surface area contributed by atoms with Crippen LogP contribution in [0.2, 0.25) is 0 Å². The highest BCUT2D eigenvalue weighted by atomic mass is 32.2. The number of thioether (sulfide) groups is 1. The summed E-state index contributed by atoms with van der Waals surface area (Å²) in [5.74, 6) is 0.923. The Morgan fingerprint density at radius 3 is 2.54 bits per heavy atom. The van der Waals surface area contributed by atoms with Crippen LogP contribution in [0.3, 0.4) is 0 Å². The highest BCUT2D eigenvalue weighted by Gasteiger charge is 2.25. The number of anilines is 1. The van der Waals surface area contributed by atoms with E-state index in [-0.39, 0.29) is 12.3 Å². The third kappa shape index (κ3) is 5.91. The van der Waals surface area contributed by atoms with Gasteiger partial charge in [0.25, 0.3) is 0 Å². The van der Waals surface area contributed by atoms with Crippen molar-refractivity contribution in [1.29, 1.82) is 10.5 Å². The van der Waals surface area contributed by atoms with Crippen molar-refractivity contribution in [3.8, 4) is 34.5 Å². The van der Waals surface area contributed by atoms with Crippen LogP contribution in [-0.4, -0.2) is 16.6 Å². The van der Waals surface area contributed by atoms with Gasteiger partial charge in [0.2, 0.25) is 5.91 Å². The lowest BCUT2D eigenvalue weighted by Crippen LogP contribution is -2.12. The van der Waals surface area contributed by atoms with Crippen LogP contribution in [0.15, 0.2) is 65.7 Å². The second-order valence-corrected chi connectivity index (χ2v) is 12.1. The van der Waals surface area contributed by atoms with Gasteiger partial charge in [0, 0.05) is 28.2 Å². The maximum atomic E-state index is 12.9. The van der Waals surface area contributed by atoms with E-state index in [0.29, 0.717) is 32.8 Å². The van der Waals surface area contributed by atoms with E-state index < -0.39 is 0 Å². The average Bonchev–Trinajstić information content (AvgIpc) is 3.29. The fourth-order valence-electron chi connectivity index (χ4n) is 4.84. The van der Waals surface area contributed by atoms with Crippen LogP contribution in [0, 0.1) is 35.5 Å². The lowest BCUT2D eigenvalue weighted by atomic mass is 9.89. The second kappa shape index (κ2) is 11.9. The van der Waals surface area contributed by atoms with E-state index in [9.17, 15) is 15.3 Å². The number of nitrogens with zero attached hydrogens (tertiary/aromatic N) is 3. The Balaban J connectivity index is 1.37. The molecule has 7 heteroatoms. The number of hydrogen-bond acceptors (Lipinski definition) is 6. The number of carbonyl (C=O) groups excluding carboxylic acids is 1. The molecule has 4 aromatic rings. The molecule has 0 radical (unpaired) electrons. The number of pyridine rings is 1. The van der Waals surface area contributed by atoms with E-state index in [4.69, 9.17) is 4.98 Å². The first-order valence-corrected chi connectivity index (χ1v) is 14.8. The largest absolute Gasteiger partial charge is 0.317 e. The van der Waals surface area contributed by atoms with E-state index in [2.05, 4.69) is 24.4 Å². The van der Waals surface area contributed by atoms with Crippen LogP contribution >= 0.6 is 23.1 Å². The molecule has 5 nitrogen and oxygen atoms in total. The zero-order chi connectivity index (χ0) is 27.4. The van der Waals surface area contributed by atoms with Gasteiger partial charge in [0.15, 0.2) is 0 Å². The molecule has 0 fully saturated rings. The van der Waals surface area contributed by atoms with Crippen molar-refractivity contribution in [2.45, 2.75) is 44.6 Å². The molecule has 2 heterocycles. The smallest absolute Gasteiger partial charge is 0.225 e. The lowest BCUT2D eigenvalue weighted by molar-refractivity contribution is -0.115. The van der Waals surface area contributed by atoms with Crippen LogP contribution in [0.1, 0.15) is 46.9 Å². The Morgan fingerprint density at radius 2 is 1.82 bits per heavy atom. The molecule has 5 rings (SSSR count). The number of aromatic nitrogens is 1. The molecule has 2 aromatic heterocycles. The number of nitrogens with one attached hydrogen (secondary N) is 1. The molecular weight excluding hydrogens is 521 g/mol. The van der Waals surface area contributed by atoms with E-state index in [1.807, 2.05) is 67.6 Å². The van der Waals surface area contributed by atoms with Gasteiger partial charge in [-0.1, -0.05) is 67.1 Å². The van der Waals surface area contributed by atoms with Gasteiger partial charge < -0.3 is 5.32 Å². The van der Waals surface area contributed by atoms with E-state index in [1.165, 1.54) is 28.0 Å². The quantitative estimate of drug-likeness (QED) is 0.238. The predicted octanol–water partition coefficient (Wildman–Crippen LogP) is 7.77. The number of aryl methyl sites for hydroxylation is 1. The van der Waals surface area contributed by atoms with Gasteiger partial charge in [-0.05, 0) is 49.3 Å². The average molecular weight is 549 g/mol. The molecule has 1 unspecified atom stereocenters. The number of thiophene rings is 1. The molecule has 1 atom stereocenters. The molecule has 1 N–H and O–H groups in total. The maximum absolute atomic E-state index is 12.9. The Bertz CT molecular complexity index is 1590. The summed E-state index contributed by atoms with van der Waals surface area (Å²) in [4.78, 5) is 19.0. The topological polar surface area (TPSA) is 89.6 Å². The van der Waals surface area contributed by atoms with Crippen molar-refractivity contribution in [2.24, 2.45) is 5.92 Å². The minimum atomic E-state index is -0.137. The number of carbonyl (C=O) groups is 1. The highest BCUT2D eigenvalue weighted by Crippen LogP contribution is 2.39. The van der Waals surface area contributed by atoms with Crippen molar-refractivity contribution >= 4 is 34.0 Å². The van der Waals surface area contributed by atoms with Crippen molar-refractivity contribution < 1.29 is 4.79 Å². The van der Waals surface area contributed by atoms with Crippen molar-refractivity contribution in [3.05, 3.63) is 87.8 Å². The van der Waals surface area contributed by atoms with E-state index in [0.717, 1.165) is 52.8 Å². The first-order valence-electron chi connectivity index (χ1n) is 13.0. The third-order valence-electron chi connectivity index (χ3n) is 6.97. The molecule has 1 aliphatic rings. The standard InChI is InChI=1S/C32H28N4OS2/c1-20-8-11-22(12-9-20)25-17-28(23-6-4-3-5-7-23)35-31(27(25)19-34)38-15-14-30(37)36-32-26(18-33)24-13-10-21(2)16-29(24)39-32/h3-9,11-12,17,21H,10,13-16H2,1-2H3,(H,36,37). The summed E-state index contributed by atoms with van der Waals surface area (Å²) in [6.45, 7) is 4.26. The number of rotatable bonds is 7. The summed E-state index contributed by atoms with van der Waals surface area (Å²) < 4.78 is 0. The molecule has 1 aliphatic carbocycles. The number of nitriles is 2. The van der Waals surface area contributed by atoms with Gasteiger partial charge in [-0.15, -0.1) is 23.1 Å². The molecular formula is C32H28N4OS2. The molecule has 0 bridgehead atoms. The fourth-order valence-corrected chi connectivity index (χ4v) is 7.16. The molecule has 0 aliphatic heterocycles. The summed E-state index contributed by atoms with van der Waals surface area (Å²) in [7, 11) is 0. The second-order valence-electron chi connectivity index (χ2n) is 9.89. The van der Waals surface area contributed by atoms with Gasteiger partial charge >= 0.3 is 0 Å². The lowest BCUT2D eigenvalue weighted by Gasteiger charge is -2.17. The fraction of sp³-hybridized carbons (Fsp3) is 0.250. The normalized spacial score (nSPS) is 14.2. The summed E-state index contributed by atoms with van der Waals surface area (Å²) in [6.07, 6.45) is 3.18. The minimum Gasteiger partial charge on any atom is -0.317 e. The van der Waals surface area contributed by atoms with Crippen LogP contribution in [0.5, 0.6) is 0 Å². The number of amides is 1. The highest BCUT2D eigenvalue weighted by molar-refractivity contribution is 7.99. The van der Waals surface area contributed by atoms with Crippen LogP contribution < -0.4 is 5.32 Å². The molecule has 0 saturated carbocycles. The van der Waals surface area contributed by atoms with Gasteiger partial charge in [-0.25, -0.2) is 4.98 Å². The molecule has 1 amide bonds. The molecule has 39 heavy (non-hydrogen) atoms. The van der Waals surface area contributed by atoms with Crippen molar-refractivity contribution in [1.82, 2.24) is 4.98 Å². The SMILES string of the molecule is Cc1ccc(-c2cc(-c3ccccc3)nc(SCCC(=O)Nc3sc4c(c3C#N)CCC(C)C4)c2C#N)cc1. The predicted molar refractivity (Wildman–Crippen MR) is 159 cm³/mol. The van der Waals surface area contributed by atoms with Gasteiger partial charge in [-0.2, -0.15) is 10.5 Å². The Labute approximate surface area is 237 Å². The van der Waals surface area contributed by atoms with Gasteiger partial charge in [-0.3, -0.25) is 4.79 Å². The Morgan fingerprint density at radius 1 is 1.08 bits per heavy atom. The number of hydrogen-bond donors (Lipinski definition) is 1. The van der Waals surface area contributed by atoms with E-state index >= 15 is 0 Å². The van der Waals surface area contributed by atoms with Gasteiger partial charge in [0.1, 0.15) is 22.2 Å². The number of fused-ring (bicyclic) bond motifs is 1. The molecule has 2 aromatic carbocycles. The summed E-state index contributed by atoms with van der Waals surface area (Å²) >= 11 is 2.95. The molecule has 0 saturated heterocycles. The monoisotopic (exact) mass is 548 g/mol. The summed E-state index contributed by atoms with van der Waals surface area (Å²) in [6, 6.07) is 24.7. The Kier molecular flexibility index (Phi) is 8.12. The zero-order valence-electron chi connectivity index (χ0n) is 22.0. The van der Waals surface area contributed by atoms with Crippen LogP contribution in [0.4, 0.5) is 5.00 Å². The third-order valence-corrected chi connectivity index (χ3v) is 9.12. The van der Waals surface area contributed by atoms with Gasteiger partial charge in [0.05, 0.1) is 16.8 Å². The number of benzene rings is 2. The summed E-state index contributed by atoms with van der Waals surface area (Å²) in [5.41, 5.74) is 6.92. The van der Waals surface area contributed by atoms with Crippen LogP contribution in [0.25, 0.3) is 22.4 Å². The maximum Gasteiger partial charge on any atom is 0.225 e. The first kappa shape index (κ1) is 26.7. The van der Waals surface area contributed by atoms with E-state index in [1.54, 1.807) is 0 Å². The first-order chi connectivity index (χ1) is 19.0. The van der Waals surface area contributed by atoms with Crippen molar-refractivity contribution in [3.63, 3.8) is 0 Å².